The Morgan fingerprint density at radius 2 is 1.92 bits per heavy atom. The van der Waals surface area contributed by atoms with Crippen LogP contribution in [0.4, 0.5) is 0 Å². The number of benzene rings is 1. The van der Waals surface area contributed by atoms with Gasteiger partial charge in [0.2, 0.25) is 0 Å². The molecule has 0 aromatic heterocycles. The molecule has 1 aliphatic heterocycles. The zero-order chi connectivity index (χ0) is 17.5. The summed E-state index contributed by atoms with van der Waals surface area (Å²) >= 11 is 6.00. The average Bonchev–Trinajstić information content (AvgIpc) is 2.56. The first-order chi connectivity index (χ1) is 11.5. The van der Waals surface area contributed by atoms with Gasteiger partial charge in [-0.15, -0.1) is 24.0 Å². The second kappa shape index (κ2) is 11.2. The minimum Gasteiger partial charge on any atom is -0.393 e. The van der Waals surface area contributed by atoms with E-state index in [9.17, 15) is 5.11 Å². The van der Waals surface area contributed by atoms with Crippen molar-refractivity contribution in [2.45, 2.75) is 31.9 Å². The first kappa shape index (κ1) is 22.5. The van der Waals surface area contributed by atoms with Crippen molar-refractivity contribution in [3.8, 4) is 0 Å². The second-order valence-corrected chi connectivity index (χ2v) is 6.88. The van der Waals surface area contributed by atoms with Crippen LogP contribution in [0, 0.1) is 0 Å². The molecule has 0 aliphatic carbocycles. The molecule has 1 aromatic rings. The van der Waals surface area contributed by atoms with Crippen molar-refractivity contribution >= 4 is 41.5 Å². The number of aliphatic hydroxyl groups is 1. The molecule has 1 saturated heterocycles. The molecule has 1 unspecified atom stereocenters. The lowest BCUT2D eigenvalue weighted by molar-refractivity contribution is 0.108. The molecule has 0 spiro atoms. The lowest BCUT2D eigenvalue weighted by atomic mass is 10.1. The van der Waals surface area contributed by atoms with Crippen LogP contribution in [0.1, 0.15) is 31.4 Å². The van der Waals surface area contributed by atoms with Gasteiger partial charge in [0.15, 0.2) is 5.96 Å². The van der Waals surface area contributed by atoms with Crippen LogP contribution < -0.4 is 5.32 Å². The second-order valence-electron chi connectivity index (χ2n) is 6.44. The van der Waals surface area contributed by atoms with Crippen molar-refractivity contribution in [1.82, 2.24) is 15.1 Å². The zero-order valence-corrected chi connectivity index (χ0v) is 18.4. The summed E-state index contributed by atoms with van der Waals surface area (Å²) in [5.41, 5.74) is 1.21. The van der Waals surface area contributed by atoms with Gasteiger partial charge in [0.05, 0.1) is 18.7 Å². The zero-order valence-electron chi connectivity index (χ0n) is 15.3. The van der Waals surface area contributed by atoms with Crippen molar-refractivity contribution in [3.05, 3.63) is 34.9 Å². The van der Waals surface area contributed by atoms with Gasteiger partial charge in [-0.2, -0.15) is 0 Å². The SMILES string of the molecule is CCNC(=NCC(c1ccc(Cl)cc1)N(C)C)N1CCC(O)CC1.I. The molecule has 25 heavy (non-hydrogen) atoms. The Balaban J connectivity index is 0.00000312. The molecule has 1 fully saturated rings. The van der Waals surface area contributed by atoms with Gasteiger partial charge in [-0.05, 0) is 51.6 Å². The summed E-state index contributed by atoms with van der Waals surface area (Å²) < 4.78 is 0. The van der Waals surface area contributed by atoms with Crippen molar-refractivity contribution in [2.24, 2.45) is 4.99 Å². The highest BCUT2D eigenvalue weighted by atomic mass is 127. The molecular weight excluding hydrogens is 451 g/mol. The van der Waals surface area contributed by atoms with E-state index in [-0.39, 0.29) is 36.1 Å². The first-order valence-corrected chi connectivity index (χ1v) is 9.02. The van der Waals surface area contributed by atoms with Crippen LogP contribution in [0.5, 0.6) is 0 Å². The summed E-state index contributed by atoms with van der Waals surface area (Å²) in [7, 11) is 4.14. The van der Waals surface area contributed by atoms with Gasteiger partial charge in [0.25, 0.3) is 0 Å². The van der Waals surface area contributed by atoms with Crippen LogP contribution in [-0.4, -0.2) is 67.2 Å². The molecule has 0 bridgehead atoms. The quantitative estimate of drug-likeness (QED) is 0.386. The third kappa shape index (κ3) is 6.92. The van der Waals surface area contributed by atoms with E-state index in [4.69, 9.17) is 16.6 Å². The standard InChI is InChI=1S/C18H29ClN4O.HI/c1-4-20-18(23-11-9-16(24)10-12-23)21-13-17(22(2)3)14-5-7-15(19)8-6-14;/h5-8,16-17,24H,4,9-13H2,1-3H3,(H,20,21);1H. The smallest absolute Gasteiger partial charge is 0.193 e. The number of likely N-dealkylation sites (tertiary alicyclic amines) is 1. The number of nitrogens with zero attached hydrogens (tertiary/aromatic N) is 3. The van der Waals surface area contributed by atoms with Crippen molar-refractivity contribution < 1.29 is 5.11 Å². The molecule has 0 amide bonds. The number of guanidine groups is 1. The molecule has 0 saturated carbocycles. The van der Waals surface area contributed by atoms with Gasteiger partial charge in [0.1, 0.15) is 0 Å². The molecule has 1 aliphatic rings. The third-order valence-corrected chi connectivity index (χ3v) is 4.64. The van der Waals surface area contributed by atoms with E-state index in [1.165, 1.54) is 5.56 Å². The molecule has 1 atom stereocenters. The fourth-order valence-corrected chi connectivity index (χ4v) is 3.05. The van der Waals surface area contributed by atoms with Crippen LogP contribution in [0.3, 0.4) is 0 Å². The minimum atomic E-state index is -0.173. The third-order valence-electron chi connectivity index (χ3n) is 4.39. The van der Waals surface area contributed by atoms with E-state index in [1.807, 2.05) is 12.1 Å². The first-order valence-electron chi connectivity index (χ1n) is 8.64. The molecule has 2 rings (SSSR count). The average molecular weight is 481 g/mol. The summed E-state index contributed by atoms with van der Waals surface area (Å²) in [5.74, 6) is 0.935. The fourth-order valence-electron chi connectivity index (χ4n) is 2.93. The molecule has 0 radical (unpaired) electrons. The lowest BCUT2D eigenvalue weighted by Gasteiger charge is -2.33. The molecule has 142 valence electrons. The highest BCUT2D eigenvalue weighted by molar-refractivity contribution is 14.0. The number of rotatable bonds is 5. The summed E-state index contributed by atoms with van der Waals surface area (Å²) in [5, 5.41) is 13.8. The number of aliphatic imine (C=N–C) groups is 1. The van der Waals surface area contributed by atoms with Crippen molar-refractivity contribution in [1.29, 1.82) is 0 Å². The maximum Gasteiger partial charge on any atom is 0.193 e. The van der Waals surface area contributed by atoms with Gasteiger partial charge in [-0.3, -0.25) is 4.99 Å². The Morgan fingerprint density at radius 1 is 1.32 bits per heavy atom. The molecule has 2 N–H and O–H groups in total. The van der Waals surface area contributed by atoms with Crippen LogP contribution in [0.15, 0.2) is 29.3 Å². The van der Waals surface area contributed by atoms with Crippen molar-refractivity contribution in [3.63, 3.8) is 0 Å². The Labute approximate surface area is 173 Å². The Morgan fingerprint density at radius 3 is 2.44 bits per heavy atom. The van der Waals surface area contributed by atoms with E-state index in [1.54, 1.807) is 0 Å². The number of likely N-dealkylation sites (N-methyl/N-ethyl adjacent to an activating group) is 1. The monoisotopic (exact) mass is 480 g/mol. The van der Waals surface area contributed by atoms with Gasteiger partial charge in [-0.25, -0.2) is 0 Å². The predicted octanol–water partition coefficient (Wildman–Crippen LogP) is 2.98. The number of halogens is 2. The van der Waals surface area contributed by atoms with Crippen molar-refractivity contribution in [2.75, 3.05) is 40.3 Å². The fraction of sp³-hybridized carbons (Fsp3) is 0.611. The number of hydrogen-bond acceptors (Lipinski definition) is 3. The van der Waals surface area contributed by atoms with Gasteiger partial charge in [0, 0.05) is 24.7 Å². The van der Waals surface area contributed by atoms with Crippen LogP contribution in [0.25, 0.3) is 0 Å². The normalized spacial score (nSPS) is 17.4. The highest BCUT2D eigenvalue weighted by Gasteiger charge is 2.20. The Bertz CT molecular complexity index is 530. The topological polar surface area (TPSA) is 51.1 Å². The summed E-state index contributed by atoms with van der Waals surface area (Å²) in [6.07, 6.45) is 1.44. The van der Waals surface area contributed by atoms with E-state index < -0.39 is 0 Å². The maximum absolute atomic E-state index is 9.70. The summed E-state index contributed by atoms with van der Waals surface area (Å²) in [6, 6.07) is 8.17. The lowest BCUT2D eigenvalue weighted by Crippen LogP contribution is -2.46. The van der Waals surface area contributed by atoms with Gasteiger partial charge >= 0.3 is 0 Å². The Kier molecular flexibility index (Phi) is 10.1. The minimum absolute atomic E-state index is 0. The number of piperidine rings is 1. The van der Waals surface area contributed by atoms with Crippen LogP contribution in [0.2, 0.25) is 5.02 Å². The van der Waals surface area contributed by atoms with Crippen LogP contribution >= 0.6 is 35.6 Å². The van der Waals surface area contributed by atoms with E-state index in [2.05, 4.69) is 48.3 Å². The van der Waals surface area contributed by atoms with E-state index in [0.29, 0.717) is 6.54 Å². The van der Waals surface area contributed by atoms with E-state index >= 15 is 0 Å². The largest absolute Gasteiger partial charge is 0.393 e. The molecule has 1 aromatic carbocycles. The predicted molar refractivity (Wildman–Crippen MR) is 116 cm³/mol. The molecule has 7 heteroatoms. The maximum atomic E-state index is 9.70. The molecule has 1 heterocycles. The number of nitrogens with one attached hydrogen (secondary N) is 1. The Hall–Kier alpha value is -0.570. The summed E-state index contributed by atoms with van der Waals surface area (Å²) in [4.78, 5) is 9.28. The highest BCUT2D eigenvalue weighted by Crippen LogP contribution is 2.21. The van der Waals surface area contributed by atoms with Gasteiger partial charge < -0.3 is 20.2 Å². The summed E-state index contributed by atoms with van der Waals surface area (Å²) in [6.45, 7) is 5.29. The molecule has 5 nitrogen and oxygen atoms in total. The van der Waals surface area contributed by atoms with Crippen LogP contribution in [-0.2, 0) is 0 Å². The number of hydrogen-bond donors (Lipinski definition) is 2. The number of aliphatic hydroxyl groups excluding tert-OH is 1. The van der Waals surface area contributed by atoms with E-state index in [0.717, 1.165) is 43.5 Å². The van der Waals surface area contributed by atoms with Gasteiger partial charge in [-0.1, -0.05) is 23.7 Å². The molecular formula is C18H30ClIN4O.